The molecule has 0 aliphatic rings. The number of hydrogen-bond donors (Lipinski definition) is 1. The molecule has 0 fully saturated rings. The van der Waals surface area contributed by atoms with Gasteiger partial charge in [-0.15, -0.1) is 0 Å². The van der Waals surface area contributed by atoms with Crippen LogP contribution in [0.15, 0.2) is 18.2 Å². The molecule has 0 unspecified atom stereocenters. The van der Waals surface area contributed by atoms with Gasteiger partial charge in [-0.2, -0.15) is 0 Å². The fourth-order valence-corrected chi connectivity index (χ4v) is 2.46. The van der Waals surface area contributed by atoms with E-state index in [9.17, 15) is 13.2 Å². The van der Waals surface area contributed by atoms with Crippen LogP contribution in [0.3, 0.4) is 0 Å². The molecule has 1 aromatic rings. The summed E-state index contributed by atoms with van der Waals surface area (Å²) in [5.74, 6) is -0.476. The molecule has 1 aromatic carbocycles. The number of hydrogen-bond acceptors (Lipinski definition) is 3. The number of carbonyl (C=O) groups is 1. The van der Waals surface area contributed by atoms with Crippen LogP contribution < -0.4 is 5.32 Å². The van der Waals surface area contributed by atoms with Crippen molar-refractivity contribution in [3.63, 3.8) is 0 Å². The summed E-state index contributed by atoms with van der Waals surface area (Å²) in [6.45, 7) is 0.0585. The lowest BCUT2D eigenvalue weighted by molar-refractivity contribution is 0.0956. The predicted molar refractivity (Wildman–Crippen MR) is 84.0 cm³/mol. The maximum absolute atomic E-state index is 11.8. The number of amides is 1. The van der Waals surface area contributed by atoms with Crippen LogP contribution in [0.25, 0.3) is 0 Å². The number of carbonyl (C=O) groups excluding carboxylic acids is 1. The minimum Gasteiger partial charge on any atom is -0.351 e. The van der Waals surface area contributed by atoms with E-state index in [2.05, 4.69) is 27.9 Å². The molecule has 106 valence electrons. The van der Waals surface area contributed by atoms with Crippen LogP contribution in [-0.2, 0) is 10.0 Å². The first kappa shape index (κ1) is 16.7. The maximum atomic E-state index is 11.8. The van der Waals surface area contributed by atoms with Gasteiger partial charge >= 0.3 is 0 Å². The molecule has 19 heavy (non-hydrogen) atoms. The standard InChI is InChI=1S/C11H14ClIN2O3S/c1-15(2)19(17,18)6-5-14-11(16)8-3-4-10(13)9(12)7-8/h3-4,7H,5-6H2,1-2H3,(H,14,16). The summed E-state index contributed by atoms with van der Waals surface area (Å²) in [6, 6.07) is 4.93. The Morgan fingerprint density at radius 2 is 2.05 bits per heavy atom. The lowest BCUT2D eigenvalue weighted by atomic mass is 10.2. The first-order valence-electron chi connectivity index (χ1n) is 5.37. The molecule has 0 bridgehead atoms. The van der Waals surface area contributed by atoms with Crippen molar-refractivity contribution >= 4 is 50.1 Å². The summed E-state index contributed by atoms with van der Waals surface area (Å²) in [7, 11) is -0.391. The van der Waals surface area contributed by atoms with E-state index in [0.29, 0.717) is 10.6 Å². The van der Waals surface area contributed by atoms with Crippen LogP contribution in [0, 0.1) is 3.57 Å². The Morgan fingerprint density at radius 1 is 1.42 bits per heavy atom. The molecule has 0 saturated carbocycles. The van der Waals surface area contributed by atoms with Gasteiger partial charge in [0.15, 0.2) is 0 Å². The van der Waals surface area contributed by atoms with Gasteiger partial charge in [-0.05, 0) is 40.8 Å². The van der Waals surface area contributed by atoms with E-state index >= 15 is 0 Å². The van der Waals surface area contributed by atoms with Crippen LogP contribution >= 0.6 is 34.2 Å². The fraction of sp³-hybridized carbons (Fsp3) is 0.364. The molecule has 8 heteroatoms. The van der Waals surface area contributed by atoms with Gasteiger partial charge in [-0.25, -0.2) is 12.7 Å². The Labute approximate surface area is 131 Å². The highest BCUT2D eigenvalue weighted by molar-refractivity contribution is 14.1. The SMILES string of the molecule is CN(C)S(=O)(=O)CCNC(=O)c1ccc(I)c(Cl)c1. The summed E-state index contributed by atoms with van der Waals surface area (Å²) in [6.07, 6.45) is 0. The minimum absolute atomic E-state index is 0.0585. The lowest BCUT2D eigenvalue weighted by Crippen LogP contribution is -2.33. The quantitative estimate of drug-likeness (QED) is 0.741. The summed E-state index contributed by atoms with van der Waals surface area (Å²) in [4.78, 5) is 11.8. The number of halogens is 2. The van der Waals surface area contributed by atoms with E-state index in [4.69, 9.17) is 11.6 Å². The monoisotopic (exact) mass is 416 g/mol. The number of rotatable bonds is 5. The molecule has 0 aliphatic heterocycles. The molecule has 5 nitrogen and oxygen atoms in total. The summed E-state index contributed by atoms with van der Waals surface area (Å²) in [5, 5.41) is 3.05. The second-order valence-corrected chi connectivity index (χ2v) is 7.85. The Hall–Kier alpha value is -0.380. The lowest BCUT2D eigenvalue weighted by Gasteiger charge is -2.11. The first-order chi connectivity index (χ1) is 8.74. The normalized spacial score (nSPS) is 11.6. The van der Waals surface area contributed by atoms with E-state index < -0.39 is 10.0 Å². The van der Waals surface area contributed by atoms with E-state index in [1.807, 2.05) is 0 Å². The van der Waals surface area contributed by atoms with Gasteiger partial charge in [0.25, 0.3) is 5.91 Å². The van der Waals surface area contributed by atoms with Gasteiger partial charge < -0.3 is 5.32 Å². The third-order valence-electron chi connectivity index (χ3n) is 2.38. The summed E-state index contributed by atoms with van der Waals surface area (Å²) < 4.78 is 25.0. The first-order valence-corrected chi connectivity index (χ1v) is 8.44. The average Bonchev–Trinajstić information content (AvgIpc) is 2.32. The second kappa shape index (κ2) is 6.87. The van der Waals surface area contributed by atoms with E-state index in [0.717, 1.165) is 7.88 Å². The molecular formula is C11H14ClIN2O3S. The zero-order valence-electron chi connectivity index (χ0n) is 10.5. The minimum atomic E-state index is -3.30. The van der Waals surface area contributed by atoms with Crippen LogP contribution in [-0.4, -0.2) is 45.0 Å². The Morgan fingerprint density at radius 3 is 2.58 bits per heavy atom. The molecule has 0 saturated heterocycles. The van der Waals surface area contributed by atoms with Gasteiger partial charge in [0.1, 0.15) is 0 Å². The van der Waals surface area contributed by atoms with Crippen molar-refractivity contribution in [3.05, 3.63) is 32.4 Å². The molecule has 0 spiro atoms. The van der Waals surface area contributed by atoms with Crippen molar-refractivity contribution in [1.82, 2.24) is 9.62 Å². The number of nitrogens with zero attached hydrogens (tertiary/aromatic N) is 1. The van der Waals surface area contributed by atoms with E-state index in [1.165, 1.54) is 14.1 Å². The van der Waals surface area contributed by atoms with Crippen LogP contribution in [0.2, 0.25) is 5.02 Å². The molecule has 0 atom stereocenters. The van der Waals surface area contributed by atoms with Crippen molar-refractivity contribution in [2.45, 2.75) is 0 Å². The van der Waals surface area contributed by atoms with Gasteiger partial charge in [0, 0.05) is 29.8 Å². The highest BCUT2D eigenvalue weighted by atomic mass is 127. The molecule has 0 radical (unpaired) electrons. The predicted octanol–water partition coefficient (Wildman–Crippen LogP) is 1.57. The molecular weight excluding hydrogens is 403 g/mol. The third kappa shape index (κ3) is 4.90. The number of nitrogens with one attached hydrogen (secondary N) is 1. The van der Waals surface area contributed by atoms with Crippen molar-refractivity contribution in [2.24, 2.45) is 0 Å². The molecule has 1 rings (SSSR count). The largest absolute Gasteiger partial charge is 0.351 e. The summed E-state index contributed by atoms with van der Waals surface area (Å²) >= 11 is 7.98. The van der Waals surface area contributed by atoms with Crippen molar-refractivity contribution in [2.75, 3.05) is 26.4 Å². The Bertz CT molecular complexity index is 575. The van der Waals surface area contributed by atoms with Crippen LogP contribution in [0.4, 0.5) is 0 Å². The van der Waals surface area contributed by atoms with Crippen molar-refractivity contribution in [1.29, 1.82) is 0 Å². The molecule has 0 heterocycles. The van der Waals surface area contributed by atoms with Gasteiger partial charge in [0.05, 0.1) is 10.8 Å². The van der Waals surface area contributed by atoms with E-state index in [-0.39, 0.29) is 18.2 Å². The smallest absolute Gasteiger partial charge is 0.251 e. The van der Waals surface area contributed by atoms with Crippen LogP contribution in [0.5, 0.6) is 0 Å². The Kier molecular flexibility index (Phi) is 6.03. The third-order valence-corrected chi connectivity index (χ3v) is 5.79. The van der Waals surface area contributed by atoms with E-state index in [1.54, 1.807) is 18.2 Å². The highest BCUT2D eigenvalue weighted by Crippen LogP contribution is 2.19. The zero-order valence-corrected chi connectivity index (χ0v) is 14.2. The van der Waals surface area contributed by atoms with Gasteiger partial charge in [-0.1, -0.05) is 11.6 Å². The second-order valence-electron chi connectivity index (χ2n) is 3.98. The number of benzene rings is 1. The molecule has 0 aromatic heterocycles. The number of sulfonamides is 1. The zero-order chi connectivity index (χ0) is 14.6. The van der Waals surface area contributed by atoms with Gasteiger partial charge in [-0.3, -0.25) is 4.79 Å². The molecule has 1 N–H and O–H groups in total. The Balaban J connectivity index is 2.59. The van der Waals surface area contributed by atoms with Crippen LogP contribution in [0.1, 0.15) is 10.4 Å². The van der Waals surface area contributed by atoms with Crippen molar-refractivity contribution in [3.8, 4) is 0 Å². The maximum Gasteiger partial charge on any atom is 0.251 e. The molecule has 0 aliphatic carbocycles. The fourth-order valence-electron chi connectivity index (χ4n) is 1.22. The summed E-state index contributed by atoms with van der Waals surface area (Å²) in [5.41, 5.74) is 0.410. The highest BCUT2D eigenvalue weighted by Gasteiger charge is 2.14. The average molecular weight is 417 g/mol. The molecule has 1 amide bonds. The topological polar surface area (TPSA) is 66.5 Å². The van der Waals surface area contributed by atoms with Crippen molar-refractivity contribution < 1.29 is 13.2 Å². The van der Waals surface area contributed by atoms with Gasteiger partial charge in [0.2, 0.25) is 10.0 Å².